The van der Waals surface area contributed by atoms with Crippen molar-refractivity contribution in [3.63, 3.8) is 0 Å². The molecule has 17 heavy (non-hydrogen) atoms. The predicted octanol–water partition coefficient (Wildman–Crippen LogP) is 3.21. The Morgan fingerprint density at radius 2 is 1.82 bits per heavy atom. The lowest BCUT2D eigenvalue weighted by atomic mass is 10.0. The van der Waals surface area contributed by atoms with Crippen LogP contribution in [-0.2, 0) is 6.42 Å². The number of rotatable bonds is 6. The lowest BCUT2D eigenvalue weighted by Crippen LogP contribution is -2.26. The number of aliphatic hydroxyl groups excluding tert-OH is 2. The molecule has 0 amide bonds. The van der Waals surface area contributed by atoms with Gasteiger partial charge in [0, 0.05) is 4.47 Å². The summed E-state index contributed by atoms with van der Waals surface area (Å²) in [6.45, 7) is 4.06. The van der Waals surface area contributed by atoms with Gasteiger partial charge >= 0.3 is 0 Å². The summed E-state index contributed by atoms with van der Waals surface area (Å²) in [5.74, 6) is 0. The van der Waals surface area contributed by atoms with Crippen molar-refractivity contribution >= 4 is 15.9 Å². The minimum atomic E-state index is -0.612. The molecule has 1 rings (SSSR count). The maximum Gasteiger partial charge on any atom is 0.0802 e. The van der Waals surface area contributed by atoms with Crippen LogP contribution in [0.1, 0.15) is 37.3 Å². The zero-order valence-corrected chi connectivity index (χ0v) is 12.1. The molecule has 2 N–H and O–H groups in total. The fraction of sp³-hybridized carbons (Fsp3) is 0.571. The molecule has 0 aromatic heterocycles. The van der Waals surface area contributed by atoms with Gasteiger partial charge < -0.3 is 10.2 Å². The summed E-state index contributed by atoms with van der Waals surface area (Å²) in [4.78, 5) is 0. The van der Waals surface area contributed by atoms with E-state index < -0.39 is 12.2 Å². The first-order valence-electron chi connectivity index (χ1n) is 6.15. The van der Waals surface area contributed by atoms with Gasteiger partial charge in [-0.25, -0.2) is 0 Å². The summed E-state index contributed by atoms with van der Waals surface area (Å²) >= 11 is 3.46. The molecule has 0 radical (unpaired) electrons. The second kappa shape index (κ2) is 7.14. The summed E-state index contributed by atoms with van der Waals surface area (Å²) < 4.78 is 1.10. The third-order valence-corrected chi connectivity index (χ3v) is 3.87. The molecule has 0 aliphatic rings. The Balaban J connectivity index is 2.47. The molecular formula is C14H21BrO2. The molecule has 1 aromatic rings. The minimum absolute atomic E-state index is 0.587. The first-order chi connectivity index (χ1) is 8.04. The van der Waals surface area contributed by atoms with E-state index in [0.29, 0.717) is 12.8 Å². The van der Waals surface area contributed by atoms with Crippen molar-refractivity contribution in [2.75, 3.05) is 0 Å². The SMILES string of the molecule is CCCC(O)C(O)CCc1ccc(Br)c(C)c1. The van der Waals surface area contributed by atoms with Gasteiger partial charge in [-0.2, -0.15) is 0 Å². The van der Waals surface area contributed by atoms with Crippen molar-refractivity contribution in [1.82, 2.24) is 0 Å². The Hall–Kier alpha value is -0.380. The number of hydrogen-bond acceptors (Lipinski definition) is 2. The molecule has 3 heteroatoms. The third kappa shape index (κ3) is 4.78. The standard InChI is InChI=1S/C14H21BrO2/c1-3-4-13(16)14(17)8-6-11-5-7-12(15)10(2)9-11/h5,7,9,13-14,16-17H,3-4,6,8H2,1-2H3. The van der Waals surface area contributed by atoms with Crippen LogP contribution in [0.3, 0.4) is 0 Å². The maximum absolute atomic E-state index is 9.77. The molecule has 0 aliphatic carbocycles. The number of aliphatic hydroxyl groups is 2. The van der Waals surface area contributed by atoms with E-state index in [4.69, 9.17) is 0 Å². The van der Waals surface area contributed by atoms with E-state index in [-0.39, 0.29) is 0 Å². The second-order valence-electron chi connectivity index (χ2n) is 4.55. The highest BCUT2D eigenvalue weighted by Crippen LogP contribution is 2.19. The van der Waals surface area contributed by atoms with E-state index in [1.165, 1.54) is 11.1 Å². The maximum atomic E-state index is 9.77. The van der Waals surface area contributed by atoms with Gasteiger partial charge in [-0.1, -0.05) is 41.4 Å². The number of aryl methyl sites for hydroxylation is 2. The molecule has 1 aromatic carbocycles. The van der Waals surface area contributed by atoms with Crippen molar-refractivity contribution in [1.29, 1.82) is 0 Å². The van der Waals surface area contributed by atoms with Crippen molar-refractivity contribution < 1.29 is 10.2 Å². The third-order valence-electron chi connectivity index (χ3n) is 2.98. The van der Waals surface area contributed by atoms with Crippen LogP contribution in [0.2, 0.25) is 0 Å². The van der Waals surface area contributed by atoms with Crippen LogP contribution >= 0.6 is 15.9 Å². The molecule has 0 heterocycles. The average molecular weight is 301 g/mol. The number of benzene rings is 1. The highest BCUT2D eigenvalue weighted by molar-refractivity contribution is 9.10. The first kappa shape index (κ1) is 14.7. The van der Waals surface area contributed by atoms with Crippen LogP contribution in [0.4, 0.5) is 0 Å². The quantitative estimate of drug-likeness (QED) is 0.847. The fourth-order valence-corrected chi connectivity index (χ4v) is 2.10. The molecule has 0 saturated carbocycles. The van der Waals surface area contributed by atoms with Gasteiger partial charge in [0.1, 0.15) is 0 Å². The van der Waals surface area contributed by atoms with E-state index in [1.807, 2.05) is 13.0 Å². The van der Waals surface area contributed by atoms with E-state index >= 15 is 0 Å². The van der Waals surface area contributed by atoms with Gasteiger partial charge in [0.05, 0.1) is 12.2 Å². The summed E-state index contributed by atoms with van der Waals surface area (Å²) in [5.41, 5.74) is 2.40. The summed E-state index contributed by atoms with van der Waals surface area (Å²) in [6.07, 6.45) is 1.78. The molecule has 0 aliphatic heterocycles. The monoisotopic (exact) mass is 300 g/mol. The molecule has 0 saturated heterocycles. The molecule has 96 valence electrons. The smallest absolute Gasteiger partial charge is 0.0802 e. The topological polar surface area (TPSA) is 40.5 Å². The lowest BCUT2D eigenvalue weighted by Gasteiger charge is -2.17. The Morgan fingerprint density at radius 3 is 2.41 bits per heavy atom. The van der Waals surface area contributed by atoms with Crippen LogP contribution in [-0.4, -0.2) is 22.4 Å². The van der Waals surface area contributed by atoms with Crippen molar-refractivity contribution in [2.45, 2.75) is 51.7 Å². The van der Waals surface area contributed by atoms with Crippen LogP contribution in [0.15, 0.2) is 22.7 Å². The second-order valence-corrected chi connectivity index (χ2v) is 5.40. The van der Waals surface area contributed by atoms with E-state index in [2.05, 4.69) is 35.0 Å². The normalized spacial score (nSPS) is 14.6. The molecule has 2 atom stereocenters. The zero-order chi connectivity index (χ0) is 12.8. The molecule has 2 nitrogen and oxygen atoms in total. The molecule has 0 fully saturated rings. The van der Waals surface area contributed by atoms with Gasteiger partial charge in [0.2, 0.25) is 0 Å². The summed E-state index contributed by atoms with van der Waals surface area (Å²) in [7, 11) is 0. The fourth-order valence-electron chi connectivity index (χ4n) is 1.86. The average Bonchev–Trinajstić information content (AvgIpc) is 2.30. The Morgan fingerprint density at radius 1 is 1.18 bits per heavy atom. The van der Waals surface area contributed by atoms with Crippen molar-refractivity contribution in [3.8, 4) is 0 Å². The molecule has 2 unspecified atom stereocenters. The van der Waals surface area contributed by atoms with E-state index in [9.17, 15) is 10.2 Å². The van der Waals surface area contributed by atoms with Crippen LogP contribution < -0.4 is 0 Å². The first-order valence-corrected chi connectivity index (χ1v) is 6.95. The summed E-state index contributed by atoms with van der Waals surface area (Å²) in [6, 6.07) is 6.19. The predicted molar refractivity (Wildman–Crippen MR) is 74.1 cm³/mol. The van der Waals surface area contributed by atoms with Crippen molar-refractivity contribution in [3.05, 3.63) is 33.8 Å². The Labute approximate surface area is 112 Å². The largest absolute Gasteiger partial charge is 0.390 e. The molecular weight excluding hydrogens is 280 g/mol. The highest BCUT2D eigenvalue weighted by atomic mass is 79.9. The molecule has 0 bridgehead atoms. The van der Waals surface area contributed by atoms with Crippen LogP contribution in [0.5, 0.6) is 0 Å². The Bertz CT molecular complexity index is 352. The van der Waals surface area contributed by atoms with Gasteiger partial charge in [0.25, 0.3) is 0 Å². The number of hydrogen-bond donors (Lipinski definition) is 2. The van der Waals surface area contributed by atoms with Crippen molar-refractivity contribution in [2.24, 2.45) is 0 Å². The Kier molecular flexibility index (Phi) is 6.17. The summed E-state index contributed by atoms with van der Waals surface area (Å²) in [5, 5.41) is 19.4. The van der Waals surface area contributed by atoms with Gasteiger partial charge in [-0.05, 0) is 43.4 Å². The zero-order valence-electron chi connectivity index (χ0n) is 10.5. The number of halogens is 1. The van der Waals surface area contributed by atoms with Gasteiger partial charge in [-0.3, -0.25) is 0 Å². The minimum Gasteiger partial charge on any atom is -0.390 e. The molecule has 0 spiro atoms. The van der Waals surface area contributed by atoms with Crippen LogP contribution in [0, 0.1) is 6.92 Å². The van der Waals surface area contributed by atoms with Gasteiger partial charge in [-0.15, -0.1) is 0 Å². The highest BCUT2D eigenvalue weighted by Gasteiger charge is 2.14. The lowest BCUT2D eigenvalue weighted by molar-refractivity contribution is 0.00980. The van der Waals surface area contributed by atoms with Crippen LogP contribution in [0.25, 0.3) is 0 Å². The van der Waals surface area contributed by atoms with E-state index in [1.54, 1.807) is 0 Å². The van der Waals surface area contributed by atoms with Gasteiger partial charge in [0.15, 0.2) is 0 Å². The van der Waals surface area contributed by atoms with E-state index in [0.717, 1.165) is 17.3 Å².